The first-order valence-corrected chi connectivity index (χ1v) is 10.6. The van der Waals surface area contributed by atoms with E-state index in [0.717, 1.165) is 57.1 Å². The lowest BCUT2D eigenvalue weighted by molar-refractivity contribution is 0.0507. The van der Waals surface area contributed by atoms with E-state index in [-0.39, 0.29) is 18.2 Å². The minimum atomic E-state index is -0.496. The fraction of sp³-hybridized carbons (Fsp3) is 0.714. The maximum absolute atomic E-state index is 12.1. The number of hydrogen-bond donors (Lipinski definition) is 2. The number of carbonyl (C=O) groups excluding carboxylic acids is 1. The van der Waals surface area contributed by atoms with Gasteiger partial charge in [0, 0.05) is 32.7 Å². The summed E-state index contributed by atoms with van der Waals surface area (Å²) in [4.78, 5) is 19.1. The Bertz CT molecular complexity index is 663. The maximum atomic E-state index is 12.1. The fourth-order valence-corrected chi connectivity index (χ4v) is 3.54. The molecule has 8 heteroatoms. The SMILES string of the molecule is CC(C)(C)OC(=O)NC1CCN(C(=NCC2CCCO2)NCCc2ccco2)C1. The van der Waals surface area contributed by atoms with Crippen molar-refractivity contribution < 1.29 is 18.7 Å². The second kappa shape index (κ2) is 10.0. The van der Waals surface area contributed by atoms with Crippen LogP contribution in [0, 0.1) is 0 Å². The molecule has 2 aliphatic heterocycles. The van der Waals surface area contributed by atoms with Crippen LogP contribution in [0.2, 0.25) is 0 Å². The number of ether oxygens (including phenoxy) is 2. The molecule has 2 unspecified atom stereocenters. The lowest BCUT2D eigenvalue weighted by atomic mass is 10.2. The third kappa shape index (κ3) is 7.27. The molecular formula is C21H34N4O4. The van der Waals surface area contributed by atoms with E-state index in [0.29, 0.717) is 13.1 Å². The normalized spacial score (nSPS) is 22.7. The quantitative estimate of drug-likeness (QED) is 0.558. The van der Waals surface area contributed by atoms with Crippen molar-refractivity contribution >= 4 is 12.1 Å². The maximum Gasteiger partial charge on any atom is 0.407 e. The molecular weight excluding hydrogens is 372 g/mol. The number of nitrogens with one attached hydrogen (secondary N) is 2. The molecule has 1 aromatic heterocycles. The third-order valence-corrected chi connectivity index (χ3v) is 4.91. The van der Waals surface area contributed by atoms with Crippen LogP contribution in [0.15, 0.2) is 27.8 Å². The standard InChI is InChI=1S/C21H34N4O4/c1-21(2,3)29-20(26)24-16-9-11-25(15-16)19(23-14-18-7-5-13-28-18)22-10-8-17-6-4-12-27-17/h4,6,12,16,18H,5,7-11,13-15H2,1-3H3,(H,22,23)(H,24,26). The van der Waals surface area contributed by atoms with Crippen molar-refractivity contribution in [3.8, 4) is 0 Å². The van der Waals surface area contributed by atoms with E-state index < -0.39 is 5.60 Å². The van der Waals surface area contributed by atoms with Crippen LogP contribution >= 0.6 is 0 Å². The molecule has 0 radical (unpaired) electrons. The Morgan fingerprint density at radius 1 is 1.38 bits per heavy atom. The molecule has 2 aliphatic rings. The van der Waals surface area contributed by atoms with Gasteiger partial charge in [-0.15, -0.1) is 0 Å². The van der Waals surface area contributed by atoms with Gasteiger partial charge in [-0.25, -0.2) is 4.79 Å². The third-order valence-electron chi connectivity index (χ3n) is 4.91. The van der Waals surface area contributed by atoms with Crippen LogP contribution in [0.4, 0.5) is 4.79 Å². The van der Waals surface area contributed by atoms with Crippen molar-refractivity contribution in [2.45, 2.75) is 64.2 Å². The number of hydrogen-bond acceptors (Lipinski definition) is 5. The molecule has 8 nitrogen and oxygen atoms in total. The fourth-order valence-electron chi connectivity index (χ4n) is 3.54. The highest BCUT2D eigenvalue weighted by atomic mass is 16.6. The molecule has 1 amide bonds. The first kappa shape index (κ1) is 21.5. The zero-order chi connectivity index (χ0) is 20.7. The second-order valence-electron chi connectivity index (χ2n) is 8.63. The predicted molar refractivity (Wildman–Crippen MR) is 111 cm³/mol. The molecule has 0 saturated carbocycles. The summed E-state index contributed by atoms with van der Waals surface area (Å²) in [5.41, 5.74) is -0.496. The Morgan fingerprint density at radius 3 is 2.93 bits per heavy atom. The lowest BCUT2D eigenvalue weighted by Gasteiger charge is -2.24. The van der Waals surface area contributed by atoms with Gasteiger partial charge in [0.25, 0.3) is 0 Å². The number of amides is 1. The minimum absolute atomic E-state index is 0.0460. The summed E-state index contributed by atoms with van der Waals surface area (Å²) in [6.07, 6.45) is 5.34. The molecule has 2 N–H and O–H groups in total. The van der Waals surface area contributed by atoms with E-state index >= 15 is 0 Å². The zero-order valence-electron chi connectivity index (χ0n) is 17.8. The number of alkyl carbamates (subject to hydrolysis) is 1. The number of furan rings is 1. The van der Waals surface area contributed by atoms with Crippen LogP contribution < -0.4 is 10.6 Å². The molecule has 0 spiro atoms. The van der Waals surface area contributed by atoms with Crippen molar-refractivity contribution in [2.75, 3.05) is 32.8 Å². The van der Waals surface area contributed by atoms with Gasteiger partial charge in [0.15, 0.2) is 5.96 Å². The molecule has 2 saturated heterocycles. The van der Waals surface area contributed by atoms with Crippen molar-refractivity contribution in [1.82, 2.24) is 15.5 Å². The summed E-state index contributed by atoms with van der Waals surface area (Å²) in [5, 5.41) is 6.42. The van der Waals surface area contributed by atoms with E-state index in [4.69, 9.17) is 18.9 Å². The van der Waals surface area contributed by atoms with Gasteiger partial charge in [0.1, 0.15) is 11.4 Å². The smallest absolute Gasteiger partial charge is 0.407 e. The summed E-state index contributed by atoms with van der Waals surface area (Å²) < 4.78 is 16.5. The average molecular weight is 407 g/mol. The summed E-state index contributed by atoms with van der Waals surface area (Å²) in [6, 6.07) is 3.92. The Kier molecular flexibility index (Phi) is 7.41. The summed E-state index contributed by atoms with van der Waals surface area (Å²) in [6.45, 7) is 9.36. The van der Waals surface area contributed by atoms with Gasteiger partial charge in [-0.05, 0) is 52.2 Å². The Balaban J connectivity index is 1.53. The molecule has 2 fully saturated rings. The number of nitrogens with zero attached hydrogens (tertiary/aromatic N) is 2. The lowest BCUT2D eigenvalue weighted by Crippen LogP contribution is -2.45. The molecule has 0 bridgehead atoms. The molecule has 3 rings (SSSR count). The Hall–Kier alpha value is -2.22. The summed E-state index contributed by atoms with van der Waals surface area (Å²) in [7, 11) is 0. The number of carbonyl (C=O) groups is 1. The van der Waals surface area contributed by atoms with Gasteiger partial charge < -0.3 is 29.4 Å². The number of rotatable bonds is 6. The van der Waals surface area contributed by atoms with Gasteiger partial charge in [-0.3, -0.25) is 4.99 Å². The van der Waals surface area contributed by atoms with E-state index in [9.17, 15) is 4.79 Å². The van der Waals surface area contributed by atoms with Crippen LogP contribution in [-0.4, -0.2) is 67.5 Å². The topological polar surface area (TPSA) is 88.3 Å². The molecule has 3 heterocycles. The van der Waals surface area contributed by atoms with E-state index in [1.54, 1.807) is 6.26 Å². The van der Waals surface area contributed by atoms with Gasteiger partial charge in [0.2, 0.25) is 0 Å². The molecule has 29 heavy (non-hydrogen) atoms. The second-order valence-corrected chi connectivity index (χ2v) is 8.63. The van der Waals surface area contributed by atoms with Gasteiger partial charge in [-0.1, -0.05) is 0 Å². The Labute approximate surface area is 173 Å². The molecule has 0 aliphatic carbocycles. The summed E-state index contributed by atoms with van der Waals surface area (Å²) >= 11 is 0. The van der Waals surface area contributed by atoms with Gasteiger partial charge >= 0.3 is 6.09 Å². The van der Waals surface area contributed by atoms with Crippen LogP contribution in [-0.2, 0) is 15.9 Å². The molecule has 2 atom stereocenters. The van der Waals surface area contributed by atoms with Crippen molar-refractivity contribution in [3.05, 3.63) is 24.2 Å². The summed E-state index contributed by atoms with van der Waals surface area (Å²) in [5.74, 6) is 1.81. The number of aliphatic imine (C=N–C) groups is 1. The first-order chi connectivity index (χ1) is 13.9. The van der Waals surface area contributed by atoms with Crippen molar-refractivity contribution in [2.24, 2.45) is 4.99 Å². The van der Waals surface area contributed by atoms with Crippen LogP contribution in [0.1, 0.15) is 45.8 Å². The van der Waals surface area contributed by atoms with Crippen molar-refractivity contribution in [3.63, 3.8) is 0 Å². The monoisotopic (exact) mass is 406 g/mol. The van der Waals surface area contributed by atoms with E-state index in [1.165, 1.54) is 0 Å². The highest BCUT2D eigenvalue weighted by Crippen LogP contribution is 2.14. The number of guanidine groups is 1. The minimum Gasteiger partial charge on any atom is -0.469 e. The van der Waals surface area contributed by atoms with Gasteiger partial charge in [-0.2, -0.15) is 0 Å². The van der Waals surface area contributed by atoms with Crippen LogP contribution in [0.5, 0.6) is 0 Å². The van der Waals surface area contributed by atoms with Gasteiger partial charge in [0.05, 0.1) is 25.0 Å². The molecule has 1 aromatic rings. The average Bonchev–Trinajstić information content (AvgIpc) is 3.39. The van der Waals surface area contributed by atoms with Crippen LogP contribution in [0.3, 0.4) is 0 Å². The highest BCUT2D eigenvalue weighted by Gasteiger charge is 2.28. The predicted octanol–water partition coefficient (Wildman–Crippen LogP) is 2.55. The largest absolute Gasteiger partial charge is 0.469 e. The van der Waals surface area contributed by atoms with E-state index in [2.05, 4.69) is 15.5 Å². The van der Waals surface area contributed by atoms with Crippen LogP contribution in [0.25, 0.3) is 0 Å². The highest BCUT2D eigenvalue weighted by molar-refractivity contribution is 5.80. The Morgan fingerprint density at radius 2 is 2.24 bits per heavy atom. The van der Waals surface area contributed by atoms with E-state index in [1.807, 2.05) is 32.9 Å². The number of likely N-dealkylation sites (tertiary alicyclic amines) is 1. The molecule has 0 aromatic carbocycles. The zero-order valence-corrected chi connectivity index (χ0v) is 17.8. The van der Waals surface area contributed by atoms with Crippen molar-refractivity contribution in [1.29, 1.82) is 0 Å². The first-order valence-electron chi connectivity index (χ1n) is 10.6. The molecule has 162 valence electrons.